The number of hydrogen-bond donors (Lipinski definition) is 2. The second-order valence-electron chi connectivity index (χ2n) is 6.10. The summed E-state index contributed by atoms with van der Waals surface area (Å²) in [5.74, 6) is 1.94. The Morgan fingerprint density at radius 3 is 2.84 bits per heavy atom. The van der Waals surface area contributed by atoms with Crippen LogP contribution < -0.4 is 15.4 Å². The maximum absolute atomic E-state index is 11.8. The number of para-hydroxylation sites is 1. The summed E-state index contributed by atoms with van der Waals surface area (Å²) >= 11 is 0. The minimum atomic E-state index is 0.226. The first-order valence-corrected chi connectivity index (χ1v) is 9.23. The molecule has 0 saturated carbocycles. The van der Waals surface area contributed by atoms with Crippen LogP contribution in [-0.4, -0.2) is 55.6 Å². The van der Waals surface area contributed by atoms with Crippen molar-refractivity contribution in [3.05, 3.63) is 30.3 Å². The van der Waals surface area contributed by atoms with Gasteiger partial charge in [-0.25, -0.2) is 0 Å². The third kappa shape index (κ3) is 6.64. The van der Waals surface area contributed by atoms with Gasteiger partial charge in [-0.15, -0.1) is 0 Å². The fourth-order valence-corrected chi connectivity index (χ4v) is 2.80. The van der Waals surface area contributed by atoms with Crippen LogP contribution in [0.25, 0.3) is 0 Å². The lowest BCUT2D eigenvalue weighted by Crippen LogP contribution is -2.45. The van der Waals surface area contributed by atoms with Crippen molar-refractivity contribution in [3.8, 4) is 5.75 Å². The van der Waals surface area contributed by atoms with Gasteiger partial charge < -0.3 is 20.3 Å². The fourth-order valence-electron chi connectivity index (χ4n) is 2.80. The Morgan fingerprint density at radius 2 is 2.12 bits per heavy atom. The second kappa shape index (κ2) is 10.6. The lowest BCUT2D eigenvalue weighted by Gasteiger charge is -2.18. The van der Waals surface area contributed by atoms with Gasteiger partial charge in [0.2, 0.25) is 5.91 Å². The molecule has 0 aromatic heterocycles. The predicted octanol–water partition coefficient (Wildman–Crippen LogP) is 2.02. The number of ether oxygens (including phenoxy) is 1. The number of benzene rings is 1. The molecule has 1 saturated heterocycles. The second-order valence-corrected chi connectivity index (χ2v) is 6.10. The van der Waals surface area contributed by atoms with Crippen molar-refractivity contribution in [1.82, 2.24) is 15.5 Å². The molecule has 1 aliphatic rings. The first kappa shape index (κ1) is 19.1. The van der Waals surface area contributed by atoms with E-state index in [-0.39, 0.29) is 11.9 Å². The largest absolute Gasteiger partial charge is 0.494 e. The van der Waals surface area contributed by atoms with Gasteiger partial charge in [0.25, 0.3) is 0 Å². The molecule has 25 heavy (non-hydrogen) atoms. The van der Waals surface area contributed by atoms with E-state index in [9.17, 15) is 4.79 Å². The van der Waals surface area contributed by atoms with Crippen molar-refractivity contribution in [2.24, 2.45) is 4.99 Å². The highest BCUT2D eigenvalue weighted by Crippen LogP contribution is 2.10. The molecule has 1 fully saturated rings. The van der Waals surface area contributed by atoms with E-state index in [1.54, 1.807) is 0 Å². The average Bonchev–Trinajstić information content (AvgIpc) is 3.10. The van der Waals surface area contributed by atoms with E-state index in [1.165, 1.54) is 0 Å². The highest BCUT2D eigenvalue weighted by atomic mass is 16.5. The smallest absolute Gasteiger partial charge is 0.222 e. The van der Waals surface area contributed by atoms with Crippen LogP contribution in [0.5, 0.6) is 5.75 Å². The molecular weight excluding hydrogens is 316 g/mol. The average molecular weight is 346 g/mol. The van der Waals surface area contributed by atoms with Crippen LogP contribution >= 0.6 is 0 Å². The molecule has 1 heterocycles. The van der Waals surface area contributed by atoms with Gasteiger partial charge in [-0.3, -0.25) is 9.79 Å². The lowest BCUT2D eigenvalue weighted by atomic mass is 10.3. The molecule has 1 unspecified atom stereocenters. The zero-order valence-corrected chi connectivity index (χ0v) is 15.3. The van der Waals surface area contributed by atoms with Crippen molar-refractivity contribution in [1.29, 1.82) is 0 Å². The van der Waals surface area contributed by atoms with Gasteiger partial charge in [0.1, 0.15) is 5.75 Å². The van der Waals surface area contributed by atoms with E-state index < -0.39 is 0 Å². The molecular formula is C19H30N4O2. The standard InChI is InChI=1S/C19H30N4O2/c1-3-18(24)23-13-11-16(15-23)22-19(20-4-2)21-12-8-14-25-17-9-6-5-7-10-17/h5-7,9-10,16H,3-4,8,11-15H2,1-2H3,(H2,20,21,22). The summed E-state index contributed by atoms with van der Waals surface area (Å²) in [6.45, 7) is 7.71. The van der Waals surface area contributed by atoms with Gasteiger partial charge in [0.05, 0.1) is 6.61 Å². The lowest BCUT2D eigenvalue weighted by molar-refractivity contribution is -0.129. The van der Waals surface area contributed by atoms with Crippen molar-refractivity contribution in [2.75, 3.05) is 32.8 Å². The Hall–Kier alpha value is -2.24. The molecule has 0 bridgehead atoms. The van der Waals surface area contributed by atoms with Gasteiger partial charge >= 0.3 is 0 Å². The third-order valence-corrected chi connectivity index (χ3v) is 4.11. The van der Waals surface area contributed by atoms with E-state index in [0.717, 1.165) is 44.2 Å². The number of rotatable bonds is 8. The predicted molar refractivity (Wildman–Crippen MR) is 101 cm³/mol. The summed E-state index contributed by atoms with van der Waals surface area (Å²) in [7, 11) is 0. The molecule has 0 spiro atoms. The van der Waals surface area contributed by atoms with E-state index in [4.69, 9.17) is 4.74 Å². The van der Waals surface area contributed by atoms with E-state index in [0.29, 0.717) is 19.6 Å². The van der Waals surface area contributed by atoms with Crippen LogP contribution in [0, 0.1) is 0 Å². The zero-order valence-electron chi connectivity index (χ0n) is 15.3. The first-order valence-electron chi connectivity index (χ1n) is 9.23. The van der Waals surface area contributed by atoms with Gasteiger partial charge in [-0.05, 0) is 25.5 Å². The number of likely N-dealkylation sites (tertiary alicyclic amines) is 1. The number of amides is 1. The highest BCUT2D eigenvalue weighted by Gasteiger charge is 2.25. The van der Waals surface area contributed by atoms with Crippen LogP contribution in [0.1, 0.15) is 33.1 Å². The first-order chi connectivity index (χ1) is 12.2. The zero-order chi connectivity index (χ0) is 17.9. The van der Waals surface area contributed by atoms with Gasteiger partial charge in [0, 0.05) is 45.1 Å². The van der Waals surface area contributed by atoms with Gasteiger partial charge in [0.15, 0.2) is 5.96 Å². The van der Waals surface area contributed by atoms with Crippen LogP contribution in [-0.2, 0) is 4.79 Å². The third-order valence-electron chi connectivity index (χ3n) is 4.11. The van der Waals surface area contributed by atoms with Gasteiger partial charge in [-0.2, -0.15) is 0 Å². The molecule has 0 aliphatic carbocycles. The summed E-state index contributed by atoms with van der Waals surface area (Å²) < 4.78 is 5.68. The summed E-state index contributed by atoms with van der Waals surface area (Å²) in [6.07, 6.45) is 2.39. The number of carbonyl (C=O) groups is 1. The van der Waals surface area contributed by atoms with Crippen LogP contribution in [0.3, 0.4) is 0 Å². The summed E-state index contributed by atoms with van der Waals surface area (Å²) in [5.41, 5.74) is 0. The maximum atomic E-state index is 11.8. The van der Waals surface area contributed by atoms with Crippen molar-refractivity contribution in [3.63, 3.8) is 0 Å². The Labute approximate surface area is 150 Å². The van der Waals surface area contributed by atoms with E-state index >= 15 is 0 Å². The van der Waals surface area contributed by atoms with Crippen molar-refractivity contribution >= 4 is 11.9 Å². The topological polar surface area (TPSA) is 66.0 Å². The van der Waals surface area contributed by atoms with Crippen molar-refractivity contribution < 1.29 is 9.53 Å². The summed E-state index contributed by atoms with van der Waals surface area (Å²) in [5, 5.41) is 6.71. The molecule has 6 heteroatoms. The molecule has 1 atom stereocenters. The summed E-state index contributed by atoms with van der Waals surface area (Å²) in [6, 6.07) is 10.1. The Morgan fingerprint density at radius 1 is 1.32 bits per heavy atom. The Kier molecular flexibility index (Phi) is 8.09. The number of nitrogens with zero attached hydrogens (tertiary/aromatic N) is 2. The minimum absolute atomic E-state index is 0.226. The molecule has 0 radical (unpaired) electrons. The van der Waals surface area contributed by atoms with Crippen molar-refractivity contribution in [2.45, 2.75) is 39.2 Å². The quantitative estimate of drug-likeness (QED) is 0.429. The molecule has 2 N–H and O–H groups in total. The number of carbonyl (C=O) groups excluding carboxylic acids is 1. The molecule has 1 aromatic carbocycles. The highest BCUT2D eigenvalue weighted by molar-refractivity contribution is 5.80. The molecule has 2 rings (SSSR count). The van der Waals surface area contributed by atoms with Crippen LogP contribution in [0.4, 0.5) is 0 Å². The fraction of sp³-hybridized carbons (Fsp3) is 0.579. The molecule has 6 nitrogen and oxygen atoms in total. The van der Waals surface area contributed by atoms with E-state index in [1.807, 2.05) is 42.2 Å². The molecule has 1 aromatic rings. The molecule has 1 amide bonds. The number of aliphatic imine (C=N–C) groups is 1. The molecule has 138 valence electrons. The monoisotopic (exact) mass is 346 g/mol. The maximum Gasteiger partial charge on any atom is 0.222 e. The SMILES string of the molecule is CCNC(=NCCCOc1ccccc1)NC1CCN(C(=O)CC)C1. The number of guanidine groups is 1. The van der Waals surface area contributed by atoms with E-state index in [2.05, 4.69) is 22.5 Å². The normalized spacial score (nSPS) is 17.4. The summed E-state index contributed by atoms with van der Waals surface area (Å²) in [4.78, 5) is 18.3. The number of hydrogen-bond acceptors (Lipinski definition) is 3. The molecule has 1 aliphatic heterocycles. The van der Waals surface area contributed by atoms with Crippen LogP contribution in [0.15, 0.2) is 35.3 Å². The number of nitrogens with one attached hydrogen (secondary N) is 2. The van der Waals surface area contributed by atoms with Crippen LogP contribution in [0.2, 0.25) is 0 Å². The Balaban J connectivity index is 1.72. The van der Waals surface area contributed by atoms with Gasteiger partial charge in [-0.1, -0.05) is 25.1 Å². The minimum Gasteiger partial charge on any atom is -0.494 e. The Bertz CT molecular complexity index is 548.